The van der Waals surface area contributed by atoms with Crippen molar-refractivity contribution in [3.63, 3.8) is 0 Å². The molecule has 1 heterocycles. The first kappa shape index (κ1) is 19.5. The van der Waals surface area contributed by atoms with Gasteiger partial charge in [-0.05, 0) is 55.3 Å². The number of methoxy groups -OCH3 is 1. The van der Waals surface area contributed by atoms with Crippen molar-refractivity contribution in [1.29, 1.82) is 0 Å². The van der Waals surface area contributed by atoms with E-state index >= 15 is 0 Å². The van der Waals surface area contributed by atoms with Gasteiger partial charge in [-0.15, -0.1) is 0 Å². The number of amides is 1. The molecule has 0 N–H and O–H groups in total. The van der Waals surface area contributed by atoms with Crippen LogP contribution in [0, 0.1) is 0 Å². The summed E-state index contributed by atoms with van der Waals surface area (Å²) in [6.45, 7) is 1.45. The summed E-state index contributed by atoms with van der Waals surface area (Å²) in [5, 5.41) is 0.237. The van der Waals surface area contributed by atoms with Crippen LogP contribution in [-0.2, 0) is 10.0 Å². The number of anilines is 1. The molecule has 1 amide bonds. The molecule has 2 aromatic carbocycles. The van der Waals surface area contributed by atoms with Crippen LogP contribution in [0.5, 0.6) is 5.75 Å². The van der Waals surface area contributed by atoms with Crippen LogP contribution in [0.4, 0.5) is 5.69 Å². The number of halogens is 1. The summed E-state index contributed by atoms with van der Waals surface area (Å²) in [6, 6.07) is 10.8. The Bertz CT molecular complexity index is 939. The van der Waals surface area contributed by atoms with Gasteiger partial charge >= 0.3 is 0 Å². The predicted octanol–water partition coefficient (Wildman–Crippen LogP) is 3.41. The number of nitrogens with zero attached hydrogens (tertiary/aromatic N) is 2. The molecule has 0 bridgehead atoms. The Kier molecular flexibility index (Phi) is 5.62. The Labute approximate surface area is 164 Å². The van der Waals surface area contributed by atoms with E-state index in [-0.39, 0.29) is 15.8 Å². The number of hydrogen-bond donors (Lipinski definition) is 0. The number of hydrogen-bond acceptors (Lipinski definition) is 4. The van der Waals surface area contributed by atoms with Crippen molar-refractivity contribution in [3.8, 4) is 5.75 Å². The van der Waals surface area contributed by atoms with E-state index in [0.717, 1.165) is 30.2 Å². The highest BCUT2D eigenvalue weighted by atomic mass is 35.5. The second-order valence-corrected chi connectivity index (χ2v) is 8.69. The van der Waals surface area contributed by atoms with Crippen molar-refractivity contribution < 1.29 is 17.9 Å². The van der Waals surface area contributed by atoms with E-state index in [1.807, 2.05) is 0 Å². The van der Waals surface area contributed by atoms with Crippen LogP contribution in [0.15, 0.2) is 47.4 Å². The average Bonchev–Trinajstić information content (AvgIpc) is 3.21. The lowest BCUT2D eigenvalue weighted by Crippen LogP contribution is -2.28. The molecule has 1 aliphatic heterocycles. The molecule has 0 aromatic heterocycles. The Morgan fingerprint density at radius 2 is 1.74 bits per heavy atom. The molecule has 27 heavy (non-hydrogen) atoms. The maximum Gasteiger partial charge on any atom is 0.264 e. The van der Waals surface area contributed by atoms with Gasteiger partial charge in [-0.25, -0.2) is 8.42 Å². The molecule has 0 unspecified atom stereocenters. The van der Waals surface area contributed by atoms with Gasteiger partial charge in [-0.2, -0.15) is 0 Å². The Hall–Kier alpha value is -2.25. The molecule has 144 valence electrons. The third-order valence-corrected chi connectivity index (χ3v) is 6.77. The average molecular weight is 409 g/mol. The summed E-state index contributed by atoms with van der Waals surface area (Å²) in [4.78, 5) is 14.4. The van der Waals surface area contributed by atoms with Crippen LogP contribution in [0.3, 0.4) is 0 Å². The molecule has 0 spiro atoms. The van der Waals surface area contributed by atoms with Crippen molar-refractivity contribution in [2.24, 2.45) is 0 Å². The van der Waals surface area contributed by atoms with Crippen LogP contribution in [0.25, 0.3) is 0 Å². The molecule has 1 saturated heterocycles. The molecule has 8 heteroatoms. The van der Waals surface area contributed by atoms with Crippen molar-refractivity contribution in [3.05, 3.63) is 53.1 Å². The minimum absolute atomic E-state index is 0.121. The third-order valence-electron chi connectivity index (χ3n) is 4.66. The van der Waals surface area contributed by atoms with E-state index in [1.165, 1.54) is 32.4 Å². The second-order valence-electron chi connectivity index (χ2n) is 6.31. The summed E-state index contributed by atoms with van der Waals surface area (Å²) in [5.74, 6) is 0.453. The molecular formula is C19H21ClN2O4S. The topological polar surface area (TPSA) is 66.9 Å². The Morgan fingerprint density at radius 3 is 2.30 bits per heavy atom. The van der Waals surface area contributed by atoms with Crippen LogP contribution in [0.2, 0.25) is 5.02 Å². The van der Waals surface area contributed by atoms with Crippen molar-refractivity contribution in [1.82, 2.24) is 4.90 Å². The van der Waals surface area contributed by atoms with E-state index in [9.17, 15) is 13.2 Å². The van der Waals surface area contributed by atoms with Gasteiger partial charge in [0.25, 0.3) is 15.9 Å². The zero-order valence-corrected chi connectivity index (χ0v) is 16.8. The van der Waals surface area contributed by atoms with Gasteiger partial charge in [0.1, 0.15) is 5.75 Å². The molecule has 0 radical (unpaired) electrons. The van der Waals surface area contributed by atoms with Crippen molar-refractivity contribution >= 4 is 33.2 Å². The van der Waals surface area contributed by atoms with Crippen molar-refractivity contribution in [2.75, 3.05) is 31.6 Å². The fourth-order valence-corrected chi connectivity index (χ4v) is 4.45. The zero-order valence-electron chi connectivity index (χ0n) is 15.2. The fraction of sp³-hybridized carbons (Fsp3) is 0.316. The molecule has 2 aromatic rings. The van der Waals surface area contributed by atoms with Gasteiger partial charge in [-0.1, -0.05) is 11.6 Å². The molecule has 0 saturated carbocycles. The fourth-order valence-electron chi connectivity index (χ4n) is 3.01. The van der Waals surface area contributed by atoms with E-state index in [4.69, 9.17) is 16.3 Å². The lowest BCUT2D eigenvalue weighted by atomic mass is 10.2. The van der Waals surface area contributed by atoms with Crippen molar-refractivity contribution in [2.45, 2.75) is 17.7 Å². The maximum absolute atomic E-state index is 12.8. The first-order valence-electron chi connectivity index (χ1n) is 8.56. The van der Waals surface area contributed by atoms with Crippen LogP contribution in [0.1, 0.15) is 23.2 Å². The van der Waals surface area contributed by atoms with Crippen LogP contribution < -0.4 is 9.04 Å². The minimum Gasteiger partial charge on any atom is -0.497 e. The van der Waals surface area contributed by atoms with Crippen LogP contribution in [-0.4, -0.2) is 46.5 Å². The first-order valence-corrected chi connectivity index (χ1v) is 10.4. The number of likely N-dealkylation sites (tertiary alicyclic amines) is 1. The standard InChI is InChI=1S/C19H21ClN2O4S/c1-21(27(24,25)16-8-6-15(26-2)7-9-16)14-5-10-17(18(20)13-14)19(23)22-11-3-4-12-22/h5-10,13H,3-4,11-12H2,1-2H3. The van der Waals surface area contributed by atoms with Gasteiger partial charge in [0.2, 0.25) is 0 Å². The SMILES string of the molecule is COc1ccc(S(=O)(=O)N(C)c2ccc(C(=O)N3CCCC3)c(Cl)c2)cc1. The normalized spacial score (nSPS) is 14.3. The van der Waals surface area contributed by atoms with Crippen LogP contribution >= 0.6 is 11.6 Å². The largest absolute Gasteiger partial charge is 0.497 e. The third kappa shape index (κ3) is 3.89. The van der Waals surface area contributed by atoms with Gasteiger partial charge < -0.3 is 9.64 Å². The molecule has 0 aliphatic carbocycles. The summed E-state index contributed by atoms with van der Waals surface area (Å²) >= 11 is 6.30. The summed E-state index contributed by atoms with van der Waals surface area (Å²) < 4.78 is 31.9. The molecule has 6 nitrogen and oxygen atoms in total. The van der Waals surface area contributed by atoms with Gasteiger partial charge in [-0.3, -0.25) is 9.10 Å². The highest BCUT2D eigenvalue weighted by Crippen LogP contribution is 2.29. The van der Waals surface area contributed by atoms with Gasteiger partial charge in [0.15, 0.2) is 0 Å². The highest BCUT2D eigenvalue weighted by molar-refractivity contribution is 7.92. The Balaban J connectivity index is 1.86. The predicted molar refractivity (Wildman–Crippen MR) is 105 cm³/mol. The number of sulfonamides is 1. The quantitative estimate of drug-likeness (QED) is 0.760. The summed E-state index contributed by atoms with van der Waals surface area (Å²) in [7, 11) is -0.791. The zero-order chi connectivity index (χ0) is 19.6. The number of carbonyl (C=O) groups excluding carboxylic acids is 1. The van der Waals surface area contributed by atoms with Gasteiger partial charge in [0.05, 0.1) is 28.3 Å². The lowest BCUT2D eigenvalue weighted by Gasteiger charge is -2.21. The highest BCUT2D eigenvalue weighted by Gasteiger charge is 2.25. The molecule has 3 rings (SSSR count). The summed E-state index contributed by atoms with van der Waals surface area (Å²) in [6.07, 6.45) is 1.98. The lowest BCUT2D eigenvalue weighted by molar-refractivity contribution is 0.0793. The van der Waals surface area contributed by atoms with E-state index in [0.29, 0.717) is 17.0 Å². The molecule has 1 aliphatic rings. The number of rotatable bonds is 5. The number of carbonyl (C=O) groups is 1. The van der Waals surface area contributed by atoms with Gasteiger partial charge in [0, 0.05) is 20.1 Å². The summed E-state index contributed by atoms with van der Waals surface area (Å²) in [5.41, 5.74) is 0.770. The molecular weight excluding hydrogens is 388 g/mol. The first-order chi connectivity index (χ1) is 12.8. The molecule has 1 fully saturated rings. The number of ether oxygens (including phenoxy) is 1. The van der Waals surface area contributed by atoms with E-state index in [2.05, 4.69) is 0 Å². The van der Waals surface area contributed by atoms with E-state index < -0.39 is 10.0 Å². The van der Waals surface area contributed by atoms with E-state index in [1.54, 1.807) is 29.2 Å². The maximum atomic E-state index is 12.8. The number of benzene rings is 2. The minimum atomic E-state index is -3.76. The second kappa shape index (κ2) is 7.78. The smallest absolute Gasteiger partial charge is 0.264 e. The monoisotopic (exact) mass is 408 g/mol. The molecule has 0 atom stereocenters. The Morgan fingerprint density at radius 1 is 1.11 bits per heavy atom.